The van der Waals surface area contributed by atoms with Crippen molar-refractivity contribution in [2.24, 2.45) is 46.3 Å². The highest BCUT2D eigenvalue weighted by atomic mass is 16.6. The summed E-state index contributed by atoms with van der Waals surface area (Å²) in [5, 5.41) is 11.0. The molecule has 0 aromatic heterocycles. The van der Waals surface area contributed by atoms with Crippen molar-refractivity contribution >= 4 is 5.97 Å². The smallest absolute Gasteiger partial charge is 0.327 e. The molecule has 0 aromatic carbocycles. The summed E-state index contributed by atoms with van der Waals surface area (Å²) in [5.41, 5.74) is 0.748. The highest BCUT2D eigenvalue weighted by Gasteiger charge is 2.76. The summed E-state index contributed by atoms with van der Waals surface area (Å²) < 4.78 is 17.6. The van der Waals surface area contributed by atoms with Gasteiger partial charge in [-0.1, -0.05) is 60.5 Å². The van der Waals surface area contributed by atoms with Crippen LogP contribution in [0.3, 0.4) is 0 Å². The SMILES string of the molecule is C=COC(=O)CN(O)CCO[C@H]1CC[C@]2(C)[C@H]3CC[C@]4(C)[C@@H]([C@H](C)CCCC(C)C)CC[C@H]4[C@@H]3CC3OC32C1. The zero-order valence-corrected chi connectivity index (χ0v) is 25.3. The Bertz CT molecular complexity index is 893. The number of hydroxylamine groups is 2. The van der Waals surface area contributed by atoms with Crippen molar-refractivity contribution in [3.8, 4) is 0 Å². The summed E-state index contributed by atoms with van der Waals surface area (Å²) in [4.78, 5) is 11.5. The maximum atomic E-state index is 11.5. The Kier molecular flexibility index (Phi) is 8.62. The number of nitrogens with zero attached hydrogens (tertiary/aromatic N) is 1. The lowest BCUT2D eigenvalue weighted by Crippen LogP contribution is -2.59. The largest absolute Gasteiger partial charge is 0.434 e. The average molecular weight is 546 g/mol. The van der Waals surface area contributed by atoms with Gasteiger partial charge in [0.15, 0.2) is 0 Å². The Labute approximate surface area is 237 Å². The van der Waals surface area contributed by atoms with Crippen molar-refractivity contribution < 1.29 is 24.2 Å². The first-order valence-electron chi connectivity index (χ1n) is 16.1. The van der Waals surface area contributed by atoms with Gasteiger partial charge in [-0.3, -0.25) is 4.79 Å². The van der Waals surface area contributed by atoms with Crippen LogP contribution in [0.2, 0.25) is 0 Å². The van der Waals surface area contributed by atoms with Gasteiger partial charge >= 0.3 is 5.97 Å². The molecule has 1 heterocycles. The fraction of sp³-hybridized carbons (Fsp3) is 0.909. The number of fused-ring (bicyclic) bond motifs is 4. The second kappa shape index (κ2) is 11.4. The van der Waals surface area contributed by atoms with Gasteiger partial charge in [0.25, 0.3) is 0 Å². The second-order valence-electron chi connectivity index (χ2n) is 14.8. The van der Waals surface area contributed by atoms with Gasteiger partial charge < -0.3 is 19.4 Å². The van der Waals surface area contributed by atoms with Crippen LogP contribution in [0.1, 0.15) is 105 Å². The zero-order chi connectivity index (χ0) is 28.0. The molecular weight excluding hydrogens is 490 g/mol. The minimum Gasteiger partial charge on any atom is -0.434 e. The Balaban J connectivity index is 1.17. The van der Waals surface area contributed by atoms with Gasteiger partial charge in [-0.25, -0.2) is 0 Å². The molecule has 0 aromatic rings. The number of ether oxygens (including phenoxy) is 3. The van der Waals surface area contributed by atoms with Crippen LogP contribution in [0.5, 0.6) is 0 Å². The molecule has 1 aliphatic heterocycles. The van der Waals surface area contributed by atoms with Crippen molar-refractivity contribution in [1.29, 1.82) is 0 Å². The topological polar surface area (TPSA) is 71.5 Å². The van der Waals surface area contributed by atoms with E-state index in [4.69, 9.17) is 9.47 Å². The molecule has 0 radical (unpaired) electrons. The first-order chi connectivity index (χ1) is 18.5. The quantitative estimate of drug-likeness (QED) is 0.123. The third-order valence-electron chi connectivity index (χ3n) is 12.5. The molecule has 0 amide bonds. The number of rotatable bonds is 12. The maximum Gasteiger partial charge on any atom is 0.327 e. The number of esters is 1. The normalized spacial score (nSPS) is 43.3. The molecule has 1 spiro atoms. The van der Waals surface area contributed by atoms with Crippen LogP contribution in [-0.2, 0) is 19.0 Å². The molecule has 5 aliphatic rings. The predicted octanol–water partition coefficient (Wildman–Crippen LogP) is 7.00. The molecule has 1 saturated heterocycles. The number of hydrogen-bond acceptors (Lipinski definition) is 6. The summed E-state index contributed by atoms with van der Waals surface area (Å²) >= 11 is 0. The van der Waals surface area contributed by atoms with Crippen molar-refractivity contribution in [1.82, 2.24) is 5.06 Å². The molecule has 5 fully saturated rings. The van der Waals surface area contributed by atoms with E-state index in [1.807, 2.05) is 0 Å². The second-order valence-corrected chi connectivity index (χ2v) is 14.8. The molecule has 6 heteroatoms. The standard InChI is InChI=1S/C33H55NO5/c1-7-37-30(35)21-34(36)17-18-38-24-13-16-32(6)28-14-15-31(5)26(23(4)10-8-9-22(2)3)11-12-27(31)25(28)19-29-33(32,20-24)39-29/h7,22-29,36H,1,8-21H2,2-6H3/t23-,24+,25+,26-,27+,28+,29?,31-,32-,33?/m1/s1. The van der Waals surface area contributed by atoms with E-state index in [9.17, 15) is 10.0 Å². The van der Waals surface area contributed by atoms with Crippen LogP contribution in [0.25, 0.3) is 0 Å². The molecule has 39 heavy (non-hydrogen) atoms. The highest BCUT2D eigenvalue weighted by Crippen LogP contribution is 2.74. The fourth-order valence-corrected chi connectivity index (χ4v) is 10.5. The van der Waals surface area contributed by atoms with Crippen LogP contribution in [0.4, 0.5) is 0 Å². The Morgan fingerprint density at radius 3 is 2.67 bits per heavy atom. The van der Waals surface area contributed by atoms with Crippen LogP contribution < -0.4 is 0 Å². The van der Waals surface area contributed by atoms with Crippen LogP contribution in [0.15, 0.2) is 12.8 Å². The van der Waals surface area contributed by atoms with E-state index in [1.54, 1.807) is 0 Å². The zero-order valence-electron chi connectivity index (χ0n) is 25.3. The number of hydrogen-bond donors (Lipinski definition) is 1. The van der Waals surface area contributed by atoms with Crippen LogP contribution >= 0.6 is 0 Å². The number of carbonyl (C=O) groups is 1. The molecular formula is C33H55NO5. The summed E-state index contributed by atoms with van der Waals surface area (Å²) in [6, 6.07) is 0. The molecule has 4 aliphatic carbocycles. The average Bonchev–Trinajstić information content (AvgIpc) is 3.44. The molecule has 1 N–H and O–H groups in total. The van der Waals surface area contributed by atoms with Crippen LogP contribution in [0, 0.1) is 46.3 Å². The molecule has 2 unspecified atom stereocenters. The van der Waals surface area contributed by atoms with Gasteiger partial charge in [-0.15, -0.1) is 0 Å². The van der Waals surface area contributed by atoms with Gasteiger partial charge in [-0.05, 0) is 85.9 Å². The van der Waals surface area contributed by atoms with E-state index in [2.05, 4.69) is 45.9 Å². The van der Waals surface area contributed by atoms with Crippen LogP contribution in [-0.4, -0.2) is 53.7 Å². The summed E-state index contributed by atoms with van der Waals surface area (Å²) in [7, 11) is 0. The van der Waals surface area contributed by atoms with Crippen molar-refractivity contribution in [2.75, 3.05) is 19.7 Å². The fourth-order valence-electron chi connectivity index (χ4n) is 10.5. The number of epoxide rings is 1. The Hall–Kier alpha value is -0.950. The van der Waals surface area contributed by atoms with Crippen molar-refractivity contribution in [3.05, 3.63) is 12.8 Å². The first-order valence-corrected chi connectivity index (χ1v) is 16.1. The summed E-state index contributed by atoms with van der Waals surface area (Å²) in [6.45, 7) is 16.4. The Morgan fingerprint density at radius 1 is 1.13 bits per heavy atom. The lowest BCUT2D eigenvalue weighted by Gasteiger charge is -2.59. The molecule has 10 atom stereocenters. The van der Waals surface area contributed by atoms with Gasteiger partial charge in [0, 0.05) is 18.4 Å². The number of carbonyl (C=O) groups excluding carboxylic acids is 1. The molecule has 222 valence electrons. The van der Waals surface area contributed by atoms with Crippen molar-refractivity contribution in [3.63, 3.8) is 0 Å². The lowest BCUT2D eigenvalue weighted by molar-refractivity contribution is -0.159. The van der Waals surface area contributed by atoms with E-state index >= 15 is 0 Å². The van der Waals surface area contributed by atoms with E-state index in [-0.39, 0.29) is 30.2 Å². The third-order valence-corrected chi connectivity index (χ3v) is 12.5. The van der Waals surface area contributed by atoms with E-state index in [0.717, 1.165) is 59.7 Å². The summed E-state index contributed by atoms with van der Waals surface area (Å²) in [6.07, 6.45) is 15.9. The van der Waals surface area contributed by atoms with E-state index < -0.39 is 5.97 Å². The molecule has 4 saturated carbocycles. The molecule has 0 bridgehead atoms. The van der Waals surface area contributed by atoms with Gasteiger partial charge in [0.2, 0.25) is 0 Å². The first kappa shape index (κ1) is 29.5. The van der Waals surface area contributed by atoms with Gasteiger partial charge in [0.1, 0.15) is 12.1 Å². The molecule has 6 nitrogen and oxygen atoms in total. The monoisotopic (exact) mass is 545 g/mol. The maximum absolute atomic E-state index is 11.5. The Morgan fingerprint density at radius 2 is 1.92 bits per heavy atom. The van der Waals surface area contributed by atoms with E-state index in [0.29, 0.717) is 18.1 Å². The summed E-state index contributed by atoms with van der Waals surface area (Å²) in [5.74, 6) is 4.49. The lowest BCUT2D eigenvalue weighted by atomic mass is 9.44. The van der Waals surface area contributed by atoms with Gasteiger partial charge in [-0.2, -0.15) is 5.06 Å². The third kappa shape index (κ3) is 5.37. The van der Waals surface area contributed by atoms with E-state index in [1.165, 1.54) is 57.8 Å². The minimum atomic E-state index is -0.524. The predicted molar refractivity (Wildman–Crippen MR) is 152 cm³/mol. The minimum absolute atomic E-state index is 0.0142. The highest BCUT2D eigenvalue weighted by molar-refractivity contribution is 5.72. The molecule has 5 rings (SSSR count). The van der Waals surface area contributed by atoms with Crippen molar-refractivity contribution in [2.45, 2.75) is 123 Å². The van der Waals surface area contributed by atoms with Gasteiger partial charge in [0.05, 0.1) is 25.1 Å².